The number of aryl methyl sites for hydroxylation is 2. The Morgan fingerprint density at radius 1 is 1.29 bits per heavy atom. The molecule has 1 aliphatic carbocycles. The summed E-state index contributed by atoms with van der Waals surface area (Å²) in [7, 11) is -3.46. The highest BCUT2D eigenvalue weighted by Gasteiger charge is 2.35. The predicted octanol–water partition coefficient (Wildman–Crippen LogP) is 1.64. The van der Waals surface area contributed by atoms with Crippen molar-refractivity contribution in [1.29, 1.82) is 0 Å². The van der Waals surface area contributed by atoms with Gasteiger partial charge in [0.05, 0.1) is 11.4 Å². The maximum absolute atomic E-state index is 12.3. The zero-order valence-corrected chi connectivity index (χ0v) is 11.3. The van der Waals surface area contributed by atoms with E-state index in [0.29, 0.717) is 16.3 Å². The summed E-state index contributed by atoms with van der Waals surface area (Å²) in [4.78, 5) is 0.297. The van der Waals surface area contributed by atoms with Crippen LogP contribution < -0.4 is 4.72 Å². The van der Waals surface area contributed by atoms with Crippen LogP contribution in [0.3, 0.4) is 0 Å². The molecule has 96 valence electrons. The van der Waals surface area contributed by atoms with Gasteiger partial charge in [-0.15, -0.1) is 0 Å². The molecule has 1 saturated carbocycles. The molecule has 6 heteroatoms. The van der Waals surface area contributed by atoms with Gasteiger partial charge in [0.1, 0.15) is 4.90 Å². The van der Waals surface area contributed by atoms with Crippen LogP contribution in [0.15, 0.2) is 4.90 Å². The van der Waals surface area contributed by atoms with Crippen molar-refractivity contribution in [2.24, 2.45) is 0 Å². The lowest BCUT2D eigenvalue weighted by Crippen LogP contribution is -2.43. The molecule has 5 nitrogen and oxygen atoms in total. The third-order valence-electron chi connectivity index (χ3n) is 3.42. The fraction of sp³-hybridized carbons (Fsp3) is 0.727. The van der Waals surface area contributed by atoms with Crippen molar-refractivity contribution in [2.75, 3.05) is 0 Å². The molecule has 0 aromatic carbocycles. The average Bonchev–Trinajstić information content (AvgIpc) is 2.73. The Morgan fingerprint density at radius 3 is 2.35 bits per heavy atom. The zero-order valence-electron chi connectivity index (χ0n) is 10.5. The van der Waals surface area contributed by atoms with Gasteiger partial charge in [0.25, 0.3) is 0 Å². The van der Waals surface area contributed by atoms with Crippen LogP contribution in [-0.4, -0.2) is 24.2 Å². The van der Waals surface area contributed by atoms with Crippen LogP contribution in [0.1, 0.15) is 44.0 Å². The van der Waals surface area contributed by atoms with E-state index in [1.807, 2.05) is 6.92 Å². The lowest BCUT2D eigenvalue weighted by molar-refractivity contribution is 0.427. The first-order chi connectivity index (χ1) is 7.84. The van der Waals surface area contributed by atoms with Crippen LogP contribution in [0.25, 0.3) is 0 Å². The van der Waals surface area contributed by atoms with E-state index in [-0.39, 0.29) is 5.54 Å². The third-order valence-corrected chi connectivity index (χ3v) is 5.32. The molecule has 0 amide bonds. The van der Waals surface area contributed by atoms with Gasteiger partial charge in [0.15, 0.2) is 0 Å². The first-order valence-corrected chi connectivity index (χ1v) is 7.38. The second kappa shape index (κ2) is 4.10. The number of sulfonamides is 1. The fourth-order valence-electron chi connectivity index (χ4n) is 2.57. The van der Waals surface area contributed by atoms with Gasteiger partial charge in [-0.25, -0.2) is 13.1 Å². The lowest BCUT2D eigenvalue weighted by Gasteiger charge is -2.24. The van der Waals surface area contributed by atoms with Crippen molar-refractivity contribution in [3.05, 3.63) is 11.4 Å². The molecule has 17 heavy (non-hydrogen) atoms. The summed E-state index contributed by atoms with van der Waals surface area (Å²) < 4.78 is 27.5. The molecular formula is C11H19N3O2S. The van der Waals surface area contributed by atoms with Crippen LogP contribution in [0, 0.1) is 13.8 Å². The van der Waals surface area contributed by atoms with Crippen LogP contribution >= 0.6 is 0 Å². The van der Waals surface area contributed by atoms with Crippen molar-refractivity contribution < 1.29 is 8.42 Å². The zero-order chi connectivity index (χ0) is 12.7. The first kappa shape index (κ1) is 12.6. The maximum atomic E-state index is 12.3. The summed E-state index contributed by atoms with van der Waals surface area (Å²) in [6.07, 6.45) is 3.98. The Kier molecular flexibility index (Phi) is 3.03. The van der Waals surface area contributed by atoms with E-state index in [9.17, 15) is 8.42 Å². The molecule has 2 N–H and O–H groups in total. The smallest absolute Gasteiger partial charge is 0.244 e. The summed E-state index contributed by atoms with van der Waals surface area (Å²) in [6, 6.07) is 0. The molecule has 1 heterocycles. The van der Waals surface area contributed by atoms with Gasteiger partial charge in [0, 0.05) is 5.54 Å². The summed E-state index contributed by atoms with van der Waals surface area (Å²) >= 11 is 0. The minimum Gasteiger partial charge on any atom is -0.281 e. The molecule has 0 unspecified atom stereocenters. The summed E-state index contributed by atoms with van der Waals surface area (Å²) in [5.41, 5.74) is 0.822. The third kappa shape index (κ3) is 2.37. The van der Waals surface area contributed by atoms with Crippen molar-refractivity contribution in [2.45, 2.75) is 56.9 Å². The molecule has 2 rings (SSSR count). The van der Waals surface area contributed by atoms with Crippen molar-refractivity contribution in [3.63, 3.8) is 0 Å². The van der Waals surface area contributed by atoms with Crippen LogP contribution in [0.4, 0.5) is 0 Å². The summed E-state index contributed by atoms with van der Waals surface area (Å²) in [5, 5.41) is 6.65. The molecule has 1 aromatic rings. The molecule has 0 saturated heterocycles. The number of nitrogens with one attached hydrogen (secondary N) is 2. The highest BCUT2D eigenvalue weighted by molar-refractivity contribution is 7.89. The number of aromatic nitrogens is 2. The molecule has 0 atom stereocenters. The van der Waals surface area contributed by atoms with Crippen LogP contribution in [-0.2, 0) is 10.0 Å². The maximum Gasteiger partial charge on any atom is 0.244 e. The van der Waals surface area contributed by atoms with E-state index in [1.165, 1.54) is 0 Å². The Balaban J connectivity index is 2.31. The monoisotopic (exact) mass is 257 g/mol. The van der Waals surface area contributed by atoms with Gasteiger partial charge in [-0.3, -0.25) is 5.10 Å². The van der Waals surface area contributed by atoms with Crippen molar-refractivity contribution >= 4 is 10.0 Å². The molecule has 0 aliphatic heterocycles. The van der Waals surface area contributed by atoms with Crippen molar-refractivity contribution in [1.82, 2.24) is 14.9 Å². The number of rotatable bonds is 3. The van der Waals surface area contributed by atoms with Gasteiger partial charge in [0.2, 0.25) is 10.0 Å². The second-order valence-corrected chi connectivity index (χ2v) is 6.76. The van der Waals surface area contributed by atoms with Crippen molar-refractivity contribution in [3.8, 4) is 0 Å². The molecule has 0 bridgehead atoms. The lowest BCUT2D eigenvalue weighted by atomic mass is 10.0. The Hall–Kier alpha value is -0.880. The van der Waals surface area contributed by atoms with E-state index in [2.05, 4.69) is 14.9 Å². The quantitative estimate of drug-likeness (QED) is 0.864. The number of aromatic amines is 1. The van der Waals surface area contributed by atoms with Gasteiger partial charge in [-0.1, -0.05) is 12.8 Å². The first-order valence-electron chi connectivity index (χ1n) is 5.90. The minimum atomic E-state index is -3.46. The highest BCUT2D eigenvalue weighted by Crippen LogP contribution is 2.31. The van der Waals surface area contributed by atoms with E-state index in [4.69, 9.17) is 0 Å². The van der Waals surface area contributed by atoms with Gasteiger partial charge in [-0.05, 0) is 33.6 Å². The van der Waals surface area contributed by atoms with Gasteiger partial charge >= 0.3 is 0 Å². The number of nitrogens with zero attached hydrogens (tertiary/aromatic N) is 1. The normalized spacial score (nSPS) is 19.7. The number of hydrogen-bond acceptors (Lipinski definition) is 3. The molecule has 1 aromatic heterocycles. The topological polar surface area (TPSA) is 74.8 Å². The van der Waals surface area contributed by atoms with E-state index in [1.54, 1.807) is 13.8 Å². The van der Waals surface area contributed by atoms with E-state index in [0.717, 1.165) is 25.7 Å². The SMILES string of the molecule is Cc1n[nH]c(C)c1S(=O)(=O)NC1(C)CCCC1. The van der Waals surface area contributed by atoms with Gasteiger partial charge in [-0.2, -0.15) is 5.10 Å². The fourth-order valence-corrected chi connectivity index (χ4v) is 4.41. The van der Waals surface area contributed by atoms with E-state index < -0.39 is 10.0 Å². The molecular weight excluding hydrogens is 238 g/mol. The van der Waals surface area contributed by atoms with Crippen LogP contribution in [0.5, 0.6) is 0 Å². The molecule has 1 fully saturated rings. The van der Waals surface area contributed by atoms with Crippen LogP contribution in [0.2, 0.25) is 0 Å². The summed E-state index contributed by atoms with van der Waals surface area (Å²) in [5.74, 6) is 0. The second-order valence-electron chi connectivity index (χ2n) is 5.14. The molecule has 0 spiro atoms. The predicted molar refractivity (Wildman–Crippen MR) is 65.3 cm³/mol. The Bertz CT molecular complexity index is 493. The highest BCUT2D eigenvalue weighted by atomic mass is 32.2. The van der Waals surface area contributed by atoms with Gasteiger partial charge < -0.3 is 0 Å². The number of hydrogen-bond donors (Lipinski definition) is 2. The Labute approximate surface area is 102 Å². The molecule has 0 radical (unpaired) electrons. The van der Waals surface area contributed by atoms with E-state index >= 15 is 0 Å². The minimum absolute atomic E-state index is 0.297. The summed E-state index contributed by atoms with van der Waals surface area (Å²) in [6.45, 7) is 5.41. The standard InChI is InChI=1S/C11H19N3O2S/c1-8-10(9(2)13-12-8)17(15,16)14-11(3)6-4-5-7-11/h14H,4-7H2,1-3H3,(H,12,13). The largest absolute Gasteiger partial charge is 0.281 e. The average molecular weight is 257 g/mol. The molecule has 1 aliphatic rings. The Morgan fingerprint density at radius 2 is 1.88 bits per heavy atom. The number of H-pyrrole nitrogens is 1.